The zero-order valence-corrected chi connectivity index (χ0v) is 11.2. The molecule has 0 radical (unpaired) electrons. The largest absolute Gasteiger partial charge is 0.394 e. The number of hydrogen-bond donors (Lipinski definition) is 3. The van der Waals surface area contributed by atoms with Crippen molar-refractivity contribution >= 4 is 11.8 Å². The highest BCUT2D eigenvalue weighted by Crippen LogP contribution is 2.11. The topological polar surface area (TPSA) is 78.4 Å². The molecule has 0 aromatic rings. The van der Waals surface area contributed by atoms with Crippen molar-refractivity contribution in [3.8, 4) is 0 Å². The summed E-state index contributed by atoms with van der Waals surface area (Å²) in [5.74, 6) is -0.223. The van der Waals surface area contributed by atoms with Gasteiger partial charge in [-0.2, -0.15) is 0 Å². The molecule has 0 spiro atoms. The number of amides is 2. The predicted octanol–water partition coefficient (Wildman–Crippen LogP) is 0.426. The molecule has 0 heterocycles. The lowest BCUT2D eigenvalue weighted by molar-refractivity contribution is -0.128. The highest BCUT2D eigenvalue weighted by atomic mass is 16.3. The molecule has 17 heavy (non-hydrogen) atoms. The van der Waals surface area contributed by atoms with E-state index in [1.807, 2.05) is 27.7 Å². The van der Waals surface area contributed by atoms with Gasteiger partial charge in [0.15, 0.2) is 0 Å². The molecule has 0 aliphatic heterocycles. The van der Waals surface area contributed by atoms with Gasteiger partial charge >= 0.3 is 0 Å². The maximum absolute atomic E-state index is 11.5. The van der Waals surface area contributed by atoms with Crippen LogP contribution in [0.1, 0.15) is 40.5 Å². The summed E-state index contributed by atoms with van der Waals surface area (Å²) in [6.45, 7) is 7.62. The van der Waals surface area contributed by atoms with Gasteiger partial charge in [0.05, 0.1) is 12.6 Å². The Labute approximate surface area is 103 Å². The Morgan fingerprint density at radius 3 is 2.29 bits per heavy atom. The third-order valence-electron chi connectivity index (χ3n) is 2.40. The molecule has 100 valence electrons. The predicted molar refractivity (Wildman–Crippen MR) is 66.4 cm³/mol. The van der Waals surface area contributed by atoms with Crippen LogP contribution in [-0.2, 0) is 9.59 Å². The molecule has 1 unspecified atom stereocenters. The van der Waals surface area contributed by atoms with Gasteiger partial charge in [-0.15, -0.1) is 0 Å². The van der Waals surface area contributed by atoms with E-state index in [0.717, 1.165) is 0 Å². The van der Waals surface area contributed by atoms with Crippen molar-refractivity contribution in [3.63, 3.8) is 0 Å². The smallest absolute Gasteiger partial charge is 0.225 e. The zero-order chi connectivity index (χ0) is 13.5. The number of aliphatic hydroxyl groups is 1. The Kier molecular flexibility index (Phi) is 6.80. The second-order valence-corrected chi connectivity index (χ2v) is 5.11. The maximum atomic E-state index is 11.5. The minimum absolute atomic E-state index is 0.0589. The van der Waals surface area contributed by atoms with Crippen molar-refractivity contribution in [2.75, 3.05) is 13.2 Å². The zero-order valence-electron chi connectivity index (χ0n) is 11.2. The van der Waals surface area contributed by atoms with Crippen LogP contribution in [0.15, 0.2) is 0 Å². The molecule has 0 saturated carbocycles. The second-order valence-electron chi connectivity index (χ2n) is 5.11. The van der Waals surface area contributed by atoms with Crippen LogP contribution in [0.5, 0.6) is 0 Å². The Hall–Kier alpha value is -1.10. The summed E-state index contributed by atoms with van der Waals surface area (Å²) >= 11 is 0. The summed E-state index contributed by atoms with van der Waals surface area (Å²) in [5, 5.41) is 14.3. The first-order chi connectivity index (χ1) is 7.81. The first kappa shape index (κ1) is 15.9. The first-order valence-electron chi connectivity index (χ1n) is 5.99. The molecule has 0 aliphatic carbocycles. The summed E-state index contributed by atoms with van der Waals surface area (Å²) in [7, 11) is 0. The molecular weight excluding hydrogens is 220 g/mol. The van der Waals surface area contributed by atoms with E-state index >= 15 is 0 Å². The number of hydrogen-bond acceptors (Lipinski definition) is 3. The summed E-state index contributed by atoms with van der Waals surface area (Å²) in [6, 6.07) is -0.194. The monoisotopic (exact) mass is 244 g/mol. The van der Waals surface area contributed by atoms with E-state index in [2.05, 4.69) is 10.6 Å². The van der Waals surface area contributed by atoms with E-state index < -0.39 is 5.41 Å². The summed E-state index contributed by atoms with van der Waals surface area (Å²) in [4.78, 5) is 22.9. The van der Waals surface area contributed by atoms with Crippen molar-refractivity contribution in [2.45, 2.75) is 46.6 Å². The fraction of sp³-hybridized carbons (Fsp3) is 0.833. The SMILES string of the molecule is CCC(CO)NC(=O)CCNC(=O)C(C)(C)C. The molecule has 2 amide bonds. The van der Waals surface area contributed by atoms with Gasteiger partial charge in [0.25, 0.3) is 0 Å². The van der Waals surface area contributed by atoms with Crippen LogP contribution in [-0.4, -0.2) is 36.1 Å². The van der Waals surface area contributed by atoms with Crippen LogP contribution in [0.2, 0.25) is 0 Å². The van der Waals surface area contributed by atoms with Crippen LogP contribution in [0.4, 0.5) is 0 Å². The fourth-order valence-electron chi connectivity index (χ4n) is 1.13. The third-order valence-corrected chi connectivity index (χ3v) is 2.40. The van der Waals surface area contributed by atoms with Gasteiger partial charge in [0, 0.05) is 18.4 Å². The molecule has 0 fully saturated rings. The second kappa shape index (κ2) is 7.27. The Morgan fingerprint density at radius 2 is 1.88 bits per heavy atom. The first-order valence-corrected chi connectivity index (χ1v) is 5.99. The van der Waals surface area contributed by atoms with E-state index in [0.29, 0.717) is 13.0 Å². The molecule has 0 aromatic carbocycles. The van der Waals surface area contributed by atoms with Gasteiger partial charge in [0.1, 0.15) is 0 Å². The number of aliphatic hydroxyl groups excluding tert-OH is 1. The molecule has 1 atom stereocenters. The van der Waals surface area contributed by atoms with Gasteiger partial charge in [-0.1, -0.05) is 27.7 Å². The van der Waals surface area contributed by atoms with E-state index in [4.69, 9.17) is 5.11 Å². The molecule has 0 rings (SSSR count). The van der Waals surface area contributed by atoms with Crippen LogP contribution in [0, 0.1) is 5.41 Å². The summed E-state index contributed by atoms with van der Waals surface area (Å²) in [5.41, 5.74) is -0.437. The lowest BCUT2D eigenvalue weighted by atomic mass is 9.96. The summed E-state index contributed by atoms with van der Waals surface area (Å²) < 4.78 is 0. The molecule has 3 N–H and O–H groups in total. The van der Waals surface area contributed by atoms with Gasteiger partial charge in [0.2, 0.25) is 11.8 Å². The van der Waals surface area contributed by atoms with Crippen molar-refractivity contribution in [2.24, 2.45) is 5.41 Å². The van der Waals surface area contributed by atoms with Crippen molar-refractivity contribution in [3.05, 3.63) is 0 Å². The highest BCUT2D eigenvalue weighted by Gasteiger charge is 2.20. The maximum Gasteiger partial charge on any atom is 0.225 e. The number of rotatable bonds is 6. The minimum Gasteiger partial charge on any atom is -0.394 e. The molecule has 0 saturated heterocycles. The van der Waals surface area contributed by atoms with Gasteiger partial charge < -0.3 is 15.7 Å². The normalized spacial score (nSPS) is 13.0. The van der Waals surface area contributed by atoms with E-state index in [1.54, 1.807) is 0 Å². The highest BCUT2D eigenvalue weighted by molar-refractivity contribution is 5.82. The number of nitrogens with one attached hydrogen (secondary N) is 2. The lowest BCUT2D eigenvalue weighted by Crippen LogP contribution is -2.40. The van der Waals surface area contributed by atoms with Gasteiger partial charge in [-0.05, 0) is 6.42 Å². The molecular formula is C12H24N2O3. The van der Waals surface area contributed by atoms with E-state index in [1.165, 1.54) is 0 Å². The Balaban J connectivity index is 3.83. The molecule has 0 bridgehead atoms. The van der Waals surface area contributed by atoms with E-state index in [9.17, 15) is 9.59 Å². The minimum atomic E-state index is -0.437. The van der Waals surface area contributed by atoms with Crippen molar-refractivity contribution < 1.29 is 14.7 Å². The molecule has 0 aliphatic rings. The Bertz CT molecular complexity index is 255. The quantitative estimate of drug-likeness (QED) is 0.634. The van der Waals surface area contributed by atoms with Crippen molar-refractivity contribution in [1.29, 1.82) is 0 Å². The third kappa shape index (κ3) is 6.94. The van der Waals surface area contributed by atoms with Gasteiger partial charge in [-0.3, -0.25) is 9.59 Å². The van der Waals surface area contributed by atoms with E-state index in [-0.39, 0.29) is 30.9 Å². The number of carbonyl (C=O) groups is 2. The fourth-order valence-corrected chi connectivity index (χ4v) is 1.13. The average Bonchev–Trinajstić information content (AvgIpc) is 2.24. The van der Waals surface area contributed by atoms with Crippen LogP contribution in [0.3, 0.4) is 0 Å². The molecule has 5 heteroatoms. The average molecular weight is 244 g/mol. The lowest BCUT2D eigenvalue weighted by Gasteiger charge is -2.18. The Morgan fingerprint density at radius 1 is 1.29 bits per heavy atom. The van der Waals surface area contributed by atoms with Crippen LogP contribution >= 0.6 is 0 Å². The van der Waals surface area contributed by atoms with Crippen LogP contribution < -0.4 is 10.6 Å². The molecule has 0 aromatic heterocycles. The van der Waals surface area contributed by atoms with Crippen LogP contribution in [0.25, 0.3) is 0 Å². The summed E-state index contributed by atoms with van der Waals surface area (Å²) in [6.07, 6.45) is 0.926. The standard InChI is InChI=1S/C12H24N2O3/c1-5-9(8-15)14-10(16)6-7-13-11(17)12(2,3)4/h9,15H,5-8H2,1-4H3,(H,13,17)(H,14,16). The van der Waals surface area contributed by atoms with Gasteiger partial charge in [-0.25, -0.2) is 0 Å². The van der Waals surface area contributed by atoms with Crippen molar-refractivity contribution in [1.82, 2.24) is 10.6 Å². The molecule has 5 nitrogen and oxygen atoms in total. The number of carbonyl (C=O) groups excluding carboxylic acids is 2.